The molecule has 0 bridgehead atoms. The number of nitrogens with zero attached hydrogens (tertiary/aromatic N) is 3. The zero-order valence-corrected chi connectivity index (χ0v) is 12.7. The maximum Gasteiger partial charge on any atom is 0.258 e. The molecule has 116 valence electrons. The molecule has 3 heterocycles. The molecule has 2 aromatic rings. The van der Waals surface area contributed by atoms with E-state index in [1.807, 2.05) is 18.2 Å². The van der Waals surface area contributed by atoms with Gasteiger partial charge in [-0.05, 0) is 12.1 Å². The van der Waals surface area contributed by atoms with Gasteiger partial charge in [0.25, 0.3) is 11.8 Å². The Bertz CT molecular complexity index is 872. The van der Waals surface area contributed by atoms with E-state index in [1.165, 1.54) is 10.8 Å². The molecule has 4 rings (SSSR count). The summed E-state index contributed by atoms with van der Waals surface area (Å²) in [6, 6.07) is 9.05. The molecule has 1 unspecified atom stereocenters. The fraction of sp³-hybridized carbons (Fsp3) is 0.133. The first-order valence-electron chi connectivity index (χ1n) is 6.98. The van der Waals surface area contributed by atoms with Crippen LogP contribution in [0.4, 0.5) is 0 Å². The van der Waals surface area contributed by atoms with Crippen molar-refractivity contribution in [1.82, 2.24) is 19.4 Å². The van der Waals surface area contributed by atoms with E-state index in [4.69, 9.17) is 0 Å². The highest BCUT2D eigenvalue weighted by molar-refractivity contribution is 7.93. The van der Waals surface area contributed by atoms with E-state index in [9.17, 15) is 13.8 Å². The predicted molar refractivity (Wildman–Crippen MR) is 82.8 cm³/mol. The smallest absolute Gasteiger partial charge is 0.258 e. The number of carbonyl (C=O) groups is 2. The lowest BCUT2D eigenvalue weighted by Crippen LogP contribution is -2.26. The van der Waals surface area contributed by atoms with Crippen LogP contribution in [0.1, 0.15) is 21.6 Å². The summed E-state index contributed by atoms with van der Waals surface area (Å²) in [5.41, 5.74) is 2.30. The monoisotopic (exact) mass is 328 g/mol. The highest BCUT2D eigenvalue weighted by Crippen LogP contribution is 2.27. The summed E-state index contributed by atoms with van der Waals surface area (Å²) in [6.07, 6.45) is 2.92. The van der Waals surface area contributed by atoms with Gasteiger partial charge < -0.3 is 4.90 Å². The van der Waals surface area contributed by atoms with E-state index < -0.39 is 16.9 Å². The van der Waals surface area contributed by atoms with E-state index in [2.05, 4.69) is 9.82 Å². The van der Waals surface area contributed by atoms with Crippen LogP contribution in [0, 0.1) is 0 Å². The lowest BCUT2D eigenvalue weighted by atomic mass is 10.2. The Morgan fingerprint density at radius 3 is 2.70 bits per heavy atom. The molecular formula is C15H12N4O3S. The van der Waals surface area contributed by atoms with Gasteiger partial charge in [-0.2, -0.15) is 5.10 Å². The van der Waals surface area contributed by atoms with Gasteiger partial charge in [-0.15, -0.1) is 0 Å². The predicted octanol–water partition coefficient (Wildman–Crippen LogP) is 0.631. The number of carbonyl (C=O) groups excluding carboxylic acids is 2. The Balaban J connectivity index is 1.62. The normalized spacial score (nSPS) is 19.5. The lowest BCUT2D eigenvalue weighted by Gasteiger charge is -2.16. The Labute approximate surface area is 134 Å². The largest absolute Gasteiger partial charge is 0.328 e. The van der Waals surface area contributed by atoms with Gasteiger partial charge in [0.1, 0.15) is 0 Å². The fourth-order valence-electron chi connectivity index (χ4n) is 2.73. The number of nitrogens with one attached hydrogen (secondary N) is 1. The number of fused-ring (bicyclic) bond motifs is 1. The van der Waals surface area contributed by atoms with Gasteiger partial charge >= 0.3 is 0 Å². The molecule has 0 saturated heterocycles. The summed E-state index contributed by atoms with van der Waals surface area (Å²) in [7, 11) is -1.61. The van der Waals surface area contributed by atoms with Crippen molar-refractivity contribution in [2.75, 3.05) is 0 Å². The Kier molecular flexibility index (Phi) is 3.12. The minimum absolute atomic E-state index is 0.0657. The van der Waals surface area contributed by atoms with Crippen LogP contribution in [0.5, 0.6) is 0 Å². The van der Waals surface area contributed by atoms with Crippen LogP contribution in [-0.4, -0.2) is 30.7 Å². The molecule has 2 amide bonds. The molecule has 1 atom stereocenters. The fourth-order valence-corrected chi connectivity index (χ4v) is 3.60. The molecule has 2 aliphatic heterocycles. The number of rotatable bonds is 2. The van der Waals surface area contributed by atoms with Crippen LogP contribution in [0.3, 0.4) is 0 Å². The second-order valence-electron chi connectivity index (χ2n) is 5.27. The van der Waals surface area contributed by atoms with Crippen LogP contribution >= 0.6 is 0 Å². The minimum atomic E-state index is -1.61. The third-order valence-corrected chi connectivity index (χ3v) is 4.87. The van der Waals surface area contributed by atoms with Crippen molar-refractivity contribution in [3.63, 3.8) is 0 Å². The molecule has 0 spiro atoms. The first-order chi connectivity index (χ1) is 11.1. The standard InChI is InChI=1S/C15H12N4O3S/c20-13-6-14(23(22)17-13)19-12-9-18(8-11(12)7-16-19)15(21)10-4-2-1-3-5-10/h1-7H,8-9H2,(H,17,20). The van der Waals surface area contributed by atoms with Crippen LogP contribution in [0.25, 0.3) is 5.03 Å². The third-order valence-electron chi connectivity index (χ3n) is 3.81. The van der Waals surface area contributed by atoms with Crippen LogP contribution in [0.2, 0.25) is 0 Å². The van der Waals surface area contributed by atoms with E-state index in [0.29, 0.717) is 23.7 Å². The van der Waals surface area contributed by atoms with Crippen LogP contribution in [-0.2, 0) is 28.9 Å². The minimum Gasteiger partial charge on any atom is -0.328 e. The van der Waals surface area contributed by atoms with E-state index in [-0.39, 0.29) is 5.91 Å². The Morgan fingerprint density at radius 1 is 1.22 bits per heavy atom. The molecule has 0 aliphatic carbocycles. The summed E-state index contributed by atoms with van der Waals surface area (Å²) in [5, 5.41) is 4.49. The second-order valence-corrected chi connectivity index (χ2v) is 6.43. The molecular weight excluding hydrogens is 316 g/mol. The molecule has 7 nitrogen and oxygen atoms in total. The van der Waals surface area contributed by atoms with Gasteiger partial charge in [0.05, 0.1) is 18.4 Å². The average Bonchev–Trinajstić information content (AvgIpc) is 3.21. The van der Waals surface area contributed by atoms with Crippen molar-refractivity contribution in [3.05, 3.63) is 59.4 Å². The zero-order valence-electron chi connectivity index (χ0n) is 11.9. The quantitative estimate of drug-likeness (QED) is 0.876. The molecule has 8 heteroatoms. The molecule has 23 heavy (non-hydrogen) atoms. The van der Waals surface area contributed by atoms with Crippen molar-refractivity contribution >= 4 is 27.8 Å². The highest BCUT2D eigenvalue weighted by atomic mass is 32.2. The molecule has 0 saturated carbocycles. The summed E-state index contributed by atoms with van der Waals surface area (Å²) >= 11 is 0. The van der Waals surface area contributed by atoms with E-state index >= 15 is 0 Å². The SMILES string of the molecule is O=C1C=C(n2ncc3c2CN(C(=O)c2ccccc2)C3)S(=O)N1. The third kappa shape index (κ3) is 2.27. The van der Waals surface area contributed by atoms with Gasteiger partial charge in [0.15, 0.2) is 16.0 Å². The van der Waals surface area contributed by atoms with Crippen LogP contribution < -0.4 is 4.72 Å². The van der Waals surface area contributed by atoms with Crippen molar-refractivity contribution in [3.8, 4) is 0 Å². The number of amides is 2. The maximum absolute atomic E-state index is 12.5. The first-order valence-corrected chi connectivity index (χ1v) is 8.13. The lowest BCUT2D eigenvalue weighted by molar-refractivity contribution is -0.114. The van der Waals surface area contributed by atoms with Crippen molar-refractivity contribution in [1.29, 1.82) is 0 Å². The van der Waals surface area contributed by atoms with Crippen molar-refractivity contribution in [2.45, 2.75) is 13.1 Å². The summed E-state index contributed by atoms with van der Waals surface area (Å²) in [5.74, 6) is -0.470. The molecule has 1 aromatic carbocycles. The second kappa shape index (κ2) is 5.17. The summed E-state index contributed by atoms with van der Waals surface area (Å²) < 4.78 is 15.7. The zero-order chi connectivity index (χ0) is 16.0. The van der Waals surface area contributed by atoms with Crippen molar-refractivity contribution in [2.24, 2.45) is 0 Å². The number of hydrogen-bond donors (Lipinski definition) is 1. The van der Waals surface area contributed by atoms with Gasteiger partial charge in [-0.25, -0.2) is 8.89 Å². The van der Waals surface area contributed by atoms with Gasteiger partial charge in [0, 0.05) is 23.7 Å². The number of hydrogen-bond acceptors (Lipinski definition) is 4. The van der Waals surface area contributed by atoms with Gasteiger partial charge in [0.2, 0.25) is 0 Å². The summed E-state index contributed by atoms with van der Waals surface area (Å²) in [6.45, 7) is 0.816. The maximum atomic E-state index is 12.5. The number of benzene rings is 1. The first kappa shape index (κ1) is 13.9. The number of aromatic nitrogens is 2. The average molecular weight is 328 g/mol. The molecule has 2 aliphatic rings. The Hall–Kier alpha value is -2.74. The van der Waals surface area contributed by atoms with Crippen molar-refractivity contribution < 1.29 is 13.8 Å². The van der Waals surface area contributed by atoms with E-state index in [0.717, 1.165) is 11.3 Å². The van der Waals surface area contributed by atoms with Gasteiger partial charge in [-0.1, -0.05) is 18.2 Å². The molecule has 0 fully saturated rings. The highest BCUT2D eigenvalue weighted by Gasteiger charge is 2.31. The molecule has 1 N–H and O–H groups in total. The van der Waals surface area contributed by atoms with E-state index in [1.54, 1.807) is 23.2 Å². The molecule has 1 aromatic heterocycles. The molecule has 0 radical (unpaired) electrons. The Morgan fingerprint density at radius 2 is 2.00 bits per heavy atom. The van der Waals surface area contributed by atoms with Gasteiger partial charge in [-0.3, -0.25) is 14.3 Å². The van der Waals surface area contributed by atoms with Crippen LogP contribution in [0.15, 0.2) is 42.6 Å². The summed E-state index contributed by atoms with van der Waals surface area (Å²) in [4.78, 5) is 25.5. The topological polar surface area (TPSA) is 84.3 Å².